The van der Waals surface area contributed by atoms with Gasteiger partial charge in [0.05, 0.1) is 6.61 Å². The predicted octanol–water partition coefficient (Wildman–Crippen LogP) is 2.92. The molecule has 2 unspecified atom stereocenters. The van der Waals surface area contributed by atoms with Crippen molar-refractivity contribution < 1.29 is 9.53 Å². The first-order valence-electron chi connectivity index (χ1n) is 8.13. The molecule has 5 nitrogen and oxygen atoms in total. The third-order valence-electron chi connectivity index (χ3n) is 4.23. The molecule has 0 saturated carbocycles. The largest absolute Gasteiger partial charge is 0.494 e. The van der Waals surface area contributed by atoms with Crippen LogP contribution >= 0.6 is 0 Å². The van der Waals surface area contributed by atoms with E-state index in [1.54, 1.807) is 0 Å². The maximum Gasteiger partial charge on any atom is 0.321 e. The van der Waals surface area contributed by atoms with Crippen LogP contribution < -0.4 is 15.8 Å². The molecular weight excluding hydrogens is 278 g/mol. The van der Waals surface area contributed by atoms with Crippen LogP contribution in [0, 0.1) is 11.8 Å². The fourth-order valence-electron chi connectivity index (χ4n) is 2.81. The molecule has 0 bridgehead atoms. The number of carbonyl (C=O) groups excluding carboxylic acids is 1. The molecule has 0 aromatic heterocycles. The minimum Gasteiger partial charge on any atom is -0.494 e. The van der Waals surface area contributed by atoms with Crippen molar-refractivity contribution in [1.29, 1.82) is 0 Å². The Morgan fingerprint density at radius 3 is 3.00 bits per heavy atom. The molecule has 0 spiro atoms. The molecule has 3 N–H and O–H groups in total. The number of anilines is 1. The van der Waals surface area contributed by atoms with Gasteiger partial charge in [-0.05, 0) is 43.4 Å². The molecule has 1 aromatic rings. The van der Waals surface area contributed by atoms with E-state index >= 15 is 0 Å². The second kappa shape index (κ2) is 8.03. The summed E-state index contributed by atoms with van der Waals surface area (Å²) in [5.41, 5.74) is 6.53. The summed E-state index contributed by atoms with van der Waals surface area (Å²) in [7, 11) is 0. The Labute approximate surface area is 132 Å². The van der Waals surface area contributed by atoms with Gasteiger partial charge in [-0.2, -0.15) is 0 Å². The van der Waals surface area contributed by atoms with Crippen molar-refractivity contribution in [3.05, 3.63) is 24.3 Å². The average molecular weight is 305 g/mol. The van der Waals surface area contributed by atoms with Crippen molar-refractivity contribution in [3.63, 3.8) is 0 Å². The van der Waals surface area contributed by atoms with Gasteiger partial charge in [0, 0.05) is 24.8 Å². The average Bonchev–Trinajstić information content (AvgIpc) is 2.53. The van der Waals surface area contributed by atoms with Crippen molar-refractivity contribution in [2.45, 2.75) is 26.7 Å². The number of nitrogens with zero attached hydrogens (tertiary/aromatic N) is 1. The number of urea groups is 1. The molecule has 1 heterocycles. The van der Waals surface area contributed by atoms with E-state index < -0.39 is 0 Å². The Balaban J connectivity index is 1.92. The van der Waals surface area contributed by atoms with Gasteiger partial charge in [0.2, 0.25) is 0 Å². The lowest BCUT2D eigenvalue weighted by molar-refractivity contribution is 0.150. The van der Waals surface area contributed by atoms with Gasteiger partial charge < -0.3 is 20.7 Å². The van der Waals surface area contributed by atoms with E-state index in [0.29, 0.717) is 25.0 Å². The number of hydrogen-bond acceptors (Lipinski definition) is 3. The third kappa shape index (κ3) is 4.37. The van der Waals surface area contributed by atoms with Gasteiger partial charge in [-0.15, -0.1) is 0 Å². The minimum absolute atomic E-state index is 0.0463. The summed E-state index contributed by atoms with van der Waals surface area (Å²) >= 11 is 0. The monoisotopic (exact) mass is 305 g/mol. The van der Waals surface area contributed by atoms with Crippen LogP contribution in [0.4, 0.5) is 10.5 Å². The van der Waals surface area contributed by atoms with Gasteiger partial charge in [0.1, 0.15) is 5.75 Å². The summed E-state index contributed by atoms with van der Waals surface area (Å²) in [6.07, 6.45) is 1.94. The zero-order chi connectivity index (χ0) is 15.9. The molecule has 1 fully saturated rings. The molecule has 1 aliphatic rings. The SMILES string of the molecule is CCCOc1cccc(NC(=O)N2CCC(CN)C(C)C2)c1. The summed E-state index contributed by atoms with van der Waals surface area (Å²) < 4.78 is 5.59. The standard InChI is InChI=1S/C17H27N3O2/c1-3-9-22-16-6-4-5-15(10-16)19-17(21)20-8-7-14(11-18)13(2)12-20/h4-6,10,13-14H,3,7-9,11-12,18H2,1-2H3,(H,19,21). The van der Waals surface area contributed by atoms with Crippen molar-refractivity contribution in [3.8, 4) is 5.75 Å². The molecule has 5 heteroatoms. The lowest BCUT2D eigenvalue weighted by Crippen LogP contribution is -2.46. The summed E-state index contributed by atoms with van der Waals surface area (Å²) in [4.78, 5) is 14.2. The topological polar surface area (TPSA) is 67.6 Å². The van der Waals surface area contributed by atoms with Gasteiger partial charge in [0.25, 0.3) is 0 Å². The number of rotatable bonds is 5. The van der Waals surface area contributed by atoms with Gasteiger partial charge in [-0.3, -0.25) is 0 Å². The highest BCUT2D eigenvalue weighted by Gasteiger charge is 2.27. The maximum absolute atomic E-state index is 12.4. The lowest BCUT2D eigenvalue weighted by Gasteiger charge is -2.36. The first-order chi connectivity index (χ1) is 10.6. The van der Waals surface area contributed by atoms with Crippen LogP contribution in [0.2, 0.25) is 0 Å². The van der Waals surface area contributed by atoms with Gasteiger partial charge in [-0.1, -0.05) is 19.9 Å². The third-order valence-corrected chi connectivity index (χ3v) is 4.23. The molecule has 1 saturated heterocycles. The highest BCUT2D eigenvalue weighted by atomic mass is 16.5. The van der Waals surface area contributed by atoms with Crippen LogP contribution in [0.15, 0.2) is 24.3 Å². The number of benzene rings is 1. The van der Waals surface area contributed by atoms with Gasteiger partial charge in [-0.25, -0.2) is 4.79 Å². The van der Waals surface area contributed by atoms with E-state index in [1.165, 1.54) is 0 Å². The van der Waals surface area contributed by atoms with E-state index in [2.05, 4.69) is 19.2 Å². The van der Waals surface area contributed by atoms with E-state index in [0.717, 1.165) is 37.4 Å². The van der Waals surface area contributed by atoms with Gasteiger partial charge >= 0.3 is 6.03 Å². The minimum atomic E-state index is -0.0463. The predicted molar refractivity (Wildman–Crippen MR) is 89.1 cm³/mol. The Morgan fingerprint density at radius 1 is 1.50 bits per heavy atom. The Kier molecular flexibility index (Phi) is 6.07. The van der Waals surface area contributed by atoms with Crippen molar-refractivity contribution in [2.75, 3.05) is 31.6 Å². The van der Waals surface area contributed by atoms with E-state index in [9.17, 15) is 4.79 Å². The summed E-state index contributed by atoms with van der Waals surface area (Å²) in [6.45, 7) is 7.15. The summed E-state index contributed by atoms with van der Waals surface area (Å²) in [5.74, 6) is 1.76. The van der Waals surface area contributed by atoms with Crippen molar-refractivity contribution in [1.82, 2.24) is 4.90 Å². The molecule has 2 atom stereocenters. The van der Waals surface area contributed by atoms with Crippen LogP contribution in [-0.2, 0) is 0 Å². The Hall–Kier alpha value is -1.75. The quantitative estimate of drug-likeness (QED) is 0.879. The number of hydrogen-bond donors (Lipinski definition) is 2. The number of nitrogens with two attached hydrogens (primary N) is 1. The molecular formula is C17H27N3O2. The molecule has 1 aromatic carbocycles. The van der Waals surface area contributed by atoms with Crippen LogP contribution in [0.5, 0.6) is 5.75 Å². The van der Waals surface area contributed by atoms with Crippen LogP contribution in [0.25, 0.3) is 0 Å². The van der Waals surface area contributed by atoms with E-state index in [4.69, 9.17) is 10.5 Å². The lowest BCUT2D eigenvalue weighted by atomic mass is 9.87. The normalized spacial score (nSPS) is 21.5. The Morgan fingerprint density at radius 2 is 2.32 bits per heavy atom. The number of amides is 2. The van der Waals surface area contributed by atoms with Crippen LogP contribution in [-0.4, -0.2) is 37.2 Å². The van der Waals surface area contributed by atoms with Crippen molar-refractivity contribution >= 4 is 11.7 Å². The second-order valence-electron chi connectivity index (χ2n) is 6.01. The van der Waals surface area contributed by atoms with E-state index in [-0.39, 0.29) is 6.03 Å². The number of likely N-dealkylation sites (tertiary alicyclic amines) is 1. The van der Waals surface area contributed by atoms with E-state index in [1.807, 2.05) is 29.2 Å². The maximum atomic E-state index is 12.4. The van der Waals surface area contributed by atoms with Crippen molar-refractivity contribution in [2.24, 2.45) is 17.6 Å². The molecule has 0 aliphatic carbocycles. The zero-order valence-electron chi connectivity index (χ0n) is 13.5. The van der Waals surface area contributed by atoms with Crippen LogP contribution in [0.3, 0.4) is 0 Å². The number of carbonyl (C=O) groups is 1. The fraction of sp³-hybridized carbons (Fsp3) is 0.588. The molecule has 22 heavy (non-hydrogen) atoms. The fourth-order valence-corrected chi connectivity index (χ4v) is 2.81. The zero-order valence-corrected chi connectivity index (χ0v) is 13.5. The molecule has 122 valence electrons. The highest BCUT2D eigenvalue weighted by Crippen LogP contribution is 2.23. The number of piperidine rings is 1. The first-order valence-corrected chi connectivity index (χ1v) is 8.13. The summed E-state index contributed by atoms with van der Waals surface area (Å²) in [5, 5.41) is 2.96. The molecule has 2 amide bonds. The smallest absolute Gasteiger partial charge is 0.321 e. The molecule has 2 rings (SSSR count). The highest BCUT2D eigenvalue weighted by molar-refractivity contribution is 5.89. The van der Waals surface area contributed by atoms with Gasteiger partial charge in [0.15, 0.2) is 0 Å². The summed E-state index contributed by atoms with van der Waals surface area (Å²) in [6, 6.07) is 7.50. The molecule has 1 aliphatic heterocycles. The Bertz CT molecular complexity index is 493. The van der Waals surface area contributed by atoms with Crippen LogP contribution in [0.1, 0.15) is 26.7 Å². The number of nitrogens with one attached hydrogen (secondary N) is 1. The second-order valence-corrected chi connectivity index (χ2v) is 6.01. The molecule has 0 radical (unpaired) electrons. The first kappa shape index (κ1) is 16.6. The number of ether oxygens (including phenoxy) is 1.